The van der Waals surface area contributed by atoms with E-state index in [-0.39, 0.29) is 48.6 Å². The predicted octanol–water partition coefficient (Wildman–Crippen LogP) is 2.18. The molecule has 1 saturated heterocycles. The van der Waals surface area contributed by atoms with E-state index in [0.29, 0.717) is 13.0 Å². The molecule has 1 heterocycles. The van der Waals surface area contributed by atoms with Crippen molar-refractivity contribution in [2.75, 3.05) is 32.9 Å². The summed E-state index contributed by atoms with van der Waals surface area (Å²) in [5.74, 6) is -2.57. The highest BCUT2D eigenvalue weighted by atomic mass is 32.2. The van der Waals surface area contributed by atoms with Crippen LogP contribution in [0.1, 0.15) is 86.5 Å². The number of nitrogens with one attached hydrogen (secondary N) is 4. The second-order valence-electron chi connectivity index (χ2n) is 15.6. The molecule has 3 aliphatic rings. The Bertz CT molecular complexity index is 1340. The highest BCUT2D eigenvalue weighted by Crippen LogP contribution is 2.65. The molecule has 2 aliphatic carbocycles. The molecule has 272 valence electrons. The van der Waals surface area contributed by atoms with Gasteiger partial charge in [0.25, 0.3) is 5.91 Å². The molecule has 48 heavy (non-hydrogen) atoms. The summed E-state index contributed by atoms with van der Waals surface area (Å²) in [5, 5.41) is 11.2. The van der Waals surface area contributed by atoms with Gasteiger partial charge in [0.05, 0.1) is 12.3 Å². The minimum Gasteiger partial charge on any atom is -0.346 e. The summed E-state index contributed by atoms with van der Waals surface area (Å²) in [6.07, 6.45) is 7.74. The van der Waals surface area contributed by atoms with Crippen molar-refractivity contribution in [2.24, 2.45) is 28.6 Å². The van der Waals surface area contributed by atoms with E-state index >= 15 is 0 Å². The molecule has 6 atom stereocenters. The number of sulfonamides is 1. The van der Waals surface area contributed by atoms with Gasteiger partial charge < -0.3 is 26.2 Å². The molecule has 0 radical (unpaired) electrons. The molecular formula is C34H58N6O7S. The number of rotatable bonds is 15. The highest BCUT2D eigenvalue weighted by Gasteiger charge is 2.69. The first-order chi connectivity index (χ1) is 22.2. The number of piperidine rings is 1. The number of nitrogens with zero attached hydrogens (tertiary/aromatic N) is 2. The van der Waals surface area contributed by atoms with E-state index in [1.807, 2.05) is 27.7 Å². The van der Waals surface area contributed by atoms with E-state index < -0.39 is 63.2 Å². The second kappa shape index (κ2) is 15.7. The predicted molar refractivity (Wildman–Crippen MR) is 184 cm³/mol. The van der Waals surface area contributed by atoms with E-state index in [4.69, 9.17) is 0 Å². The molecular weight excluding hydrogens is 636 g/mol. The summed E-state index contributed by atoms with van der Waals surface area (Å²) in [6.45, 7) is 15.7. The van der Waals surface area contributed by atoms with E-state index in [0.717, 1.165) is 38.4 Å². The third-order valence-corrected chi connectivity index (χ3v) is 11.9. The quantitative estimate of drug-likeness (QED) is 0.150. The van der Waals surface area contributed by atoms with Crippen LogP contribution >= 0.6 is 0 Å². The lowest BCUT2D eigenvalue weighted by molar-refractivity contribution is -0.144. The van der Waals surface area contributed by atoms with Crippen LogP contribution in [0.2, 0.25) is 0 Å². The molecule has 5 amide bonds. The van der Waals surface area contributed by atoms with E-state index in [1.54, 1.807) is 4.90 Å². The lowest BCUT2D eigenvalue weighted by Crippen LogP contribution is -2.61. The van der Waals surface area contributed by atoms with Crippen molar-refractivity contribution in [1.29, 1.82) is 0 Å². The number of fused-ring (bicyclic) bond motifs is 1. The summed E-state index contributed by atoms with van der Waals surface area (Å²) < 4.78 is 25.5. The SMILES string of the molecule is C=CCNC(=O)C(=O)C(CCC)NC(=O)[C@@H]1[C@@H]2[C@H](CN1C(=O)[C@@H](NC(=O)N[C@H](CN(C)S(C)(=O)=O)C(C)(C)C)C1CCCCC1)C2(C)C. The fourth-order valence-electron chi connectivity index (χ4n) is 7.34. The Labute approximate surface area is 286 Å². The molecule has 14 heteroatoms. The molecule has 3 fully saturated rings. The summed E-state index contributed by atoms with van der Waals surface area (Å²) >= 11 is 0. The Morgan fingerprint density at radius 3 is 2.21 bits per heavy atom. The number of carbonyl (C=O) groups is 5. The minimum atomic E-state index is -3.50. The molecule has 4 N–H and O–H groups in total. The van der Waals surface area contributed by atoms with Crippen molar-refractivity contribution in [3.05, 3.63) is 12.7 Å². The Balaban J connectivity index is 1.86. The largest absolute Gasteiger partial charge is 0.346 e. The zero-order chi connectivity index (χ0) is 36.2. The number of ketones is 1. The van der Waals surface area contributed by atoms with Gasteiger partial charge in [-0.25, -0.2) is 17.5 Å². The maximum atomic E-state index is 14.5. The van der Waals surface area contributed by atoms with Crippen molar-refractivity contribution in [3.63, 3.8) is 0 Å². The van der Waals surface area contributed by atoms with Gasteiger partial charge in [0, 0.05) is 32.7 Å². The number of carbonyl (C=O) groups excluding carboxylic acids is 5. The number of hydrogen-bond acceptors (Lipinski definition) is 7. The zero-order valence-corrected chi connectivity index (χ0v) is 30.9. The number of urea groups is 1. The van der Waals surface area contributed by atoms with E-state index in [2.05, 4.69) is 41.7 Å². The zero-order valence-electron chi connectivity index (χ0n) is 30.1. The third-order valence-electron chi connectivity index (χ3n) is 10.6. The van der Waals surface area contributed by atoms with Gasteiger partial charge in [0.15, 0.2) is 0 Å². The van der Waals surface area contributed by atoms with E-state index in [9.17, 15) is 32.4 Å². The van der Waals surface area contributed by atoms with Crippen LogP contribution in [-0.2, 0) is 29.2 Å². The average Bonchev–Trinajstić information content (AvgIpc) is 3.32. The smallest absolute Gasteiger partial charge is 0.315 e. The Hall–Kier alpha value is -3.00. The number of likely N-dealkylation sites (N-methyl/N-ethyl adjacent to an activating group) is 1. The van der Waals surface area contributed by atoms with Gasteiger partial charge >= 0.3 is 6.03 Å². The number of likely N-dealkylation sites (tertiary alicyclic amines) is 1. The fraction of sp³-hybridized carbons (Fsp3) is 0.794. The van der Waals surface area contributed by atoms with Gasteiger partial charge in [0.1, 0.15) is 12.1 Å². The number of amides is 5. The highest BCUT2D eigenvalue weighted by molar-refractivity contribution is 7.88. The maximum absolute atomic E-state index is 14.5. The number of Topliss-reactive ketones (excluding diaryl/α,β-unsaturated/α-hetero) is 1. The van der Waals surface area contributed by atoms with Gasteiger partial charge in [0.2, 0.25) is 27.6 Å². The van der Waals surface area contributed by atoms with Crippen molar-refractivity contribution in [1.82, 2.24) is 30.5 Å². The normalized spacial score (nSPS) is 24.1. The van der Waals surface area contributed by atoms with Crippen molar-refractivity contribution >= 4 is 39.6 Å². The Morgan fingerprint density at radius 1 is 1.04 bits per heavy atom. The second-order valence-corrected chi connectivity index (χ2v) is 17.6. The Morgan fingerprint density at radius 2 is 1.67 bits per heavy atom. The first-order valence-corrected chi connectivity index (χ1v) is 19.1. The van der Waals surface area contributed by atoms with Crippen molar-refractivity contribution in [2.45, 2.75) is 111 Å². The van der Waals surface area contributed by atoms with Gasteiger partial charge in [-0.05, 0) is 47.8 Å². The van der Waals surface area contributed by atoms with Crippen LogP contribution in [0.5, 0.6) is 0 Å². The molecule has 2 saturated carbocycles. The van der Waals surface area contributed by atoms with Gasteiger partial charge in [-0.15, -0.1) is 6.58 Å². The van der Waals surface area contributed by atoms with Gasteiger partial charge in [-0.1, -0.05) is 73.3 Å². The van der Waals surface area contributed by atoms with Crippen LogP contribution in [0, 0.1) is 28.6 Å². The maximum Gasteiger partial charge on any atom is 0.315 e. The van der Waals surface area contributed by atoms with Crippen LogP contribution in [0.3, 0.4) is 0 Å². The lowest BCUT2D eigenvalue weighted by atomic mass is 9.83. The van der Waals surface area contributed by atoms with Crippen LogP contribution < -0.4 is 21.3 Å². The fourth-order valence-corrected chi connectivity index (χ4v) is 7.75. The number of hydrogen-bond donors (Lipinski definition) is 4. The van der Waals surface area contributed by atoms with Crippen molar-refractivity contribution < 1.29 is 32.4 Å². The van der Waals surface area contributed by atoms with Crippen LogP contribution in [-0.4, -0.2) is 104 Å². The molecule has 0 bridgehead atoms. The van der Waals surface area contributed by atoms with E-state index in [1.165, 1.54) is 17.4 Å². The van der Waals surface area contributed by atoms with Crippen LogP contribution in [0.25, 0.3) is 0 Å². The standard InChI is InChI=1S/C34H58N6O7S/c1-10-15-23(28(41)30(43)35-18-11-2)36-29(42)27-25-22(34(25,6)7)19-40(27)31(44)26(21-16-13-12-14-17-21)38-32(45)37-24(33(3,4)5)20-39(8)48(9,46)47/h11,21-27H,2,10,12-20H2,1,3-9H3,(H,35,43)(H,36,42)(H2,37,38,45)/t22-,23?,24+,25-,26-,27-/m0/s1. The van der Waals surface area contributed by atoms with Crippen molar-refractivity contribution in [3.8, 4) is 0 Å². The summed E-state index contributed by atoms with van der Waals surface area (Å²) in [4.78, 5) is 69.2. The monoisotopic (exact) mass is 694 g/mol. The molecule has 1 aliphatic heterocycles. The molecule has 0 aromatic heterocycles. The first kappa shape index (κ1) is 39.4. The average molecular weight is 695 g/mol. The summed E-state index contributed by atoms with van der Waals surface area (Å²) in [7, 11) is -2.04. The molecule has 1 unspecified atom stereocenters. The van der Waals surface area contributed by atoms with Gasteiger partial charge in [-0.2, -0.15) is 0 Å². The summed E-state index contributed by atoms with van der Waals surface area (Å²) in [5.41, 5.74) is -0.693. The molecule has 13 nitrogen and oxygen atoms in total. The molecule has 3 rings (SSSR count). The Kier molecular flexibility index (Phi) is 12.9. The van der Waals surface area contributed by atoms with Crippen LogP contribution in [0.15, 0.2) is 12.7 Å². The molecule has 0 aromatic carbocycles. The summed E-state index contributed by atoms with van der Waals surface area (Å²) in [6, 6.07) is -3.93. The minimum absolute atomic E-state index is 0.0495. The molecule has 0 aromatic rings. The topological polar surface area (TPSA) is 174 Å². The van der Waals surface area contributed by atoms with Gasteiger partial charge in [-0.3, -0.25) is 19.2 Å². The van der Waals surface area contributed by atoms with Crippen LogP contribution in [0.4, 0.5) is 4.79 Å². The first-order valence-electron chi connectivity index (χ1n) is 17.3. The molecule has 0 spiro atoms. The third kappa shape index (κ3) is 9.36. The lowest BCUT2D eigenvalue weighted by Gasteiger charge is -2.38.